The zero-order chi connectivity index (χ0) is 16.5. The molecule has 0 spiro atoms. The number of rotatable bonds is 8. The number of benzene rings is 2. The Morgan fingerprint density at radius 2 is 1.78 bits per heavy atom. The standard InChI is InChI=1S/C19H24N2O2/c1-3-21(4-2)14-16-9-8-10-17(13-16)20-19(22)15-23-18-11-6-5-7-12-18/h5-13H,3-4,14-15H2,1-2H3,(H,20,22). The second-order valence-electron chi connectivity index (χ2n) is 5.31. The third kappa shape index (κ3) is 5.75. The molecule has 0 unspecified atom stereocenters. The van der Waals surface area contributed by atoms with E-state index in [-0.39, 0.29) is 12.5 Å². The molecule has 0 heterocycles. The summed E-state index contributed by atoms with van der Waals surface area (Å²) in [5, 5.41) is 2.88. The fraction of sp³-hybridized carbons (Fsp3) is 0.316. The molecule has 1 amide bonds. The molecule has 4 heteroatoms. The van der Waals surface area contributed by atoms with Gasteiger partial charge in [-0.1, -0.05) is 44.2 Å². The monoisotopic (exact) mass is 312 g/mol. The van der Waals surface area contributed by atoms with Crippen molar-refractivity contribution in [2.24, 2.45) is 0 Å². The van der Waals surface area contributed by atoms with Gasteiger partial charge in [0.05, 0.1) is 0 Å². The van der Waals surface area contributed by atoms with Crippen molar-refractivity contribution in [1.82, 2.24) is 4.90 Å². The summed E-state index contributed by atoms with van der Waals surface area (Å²) in [6.45, 7) is 7.21. The van der Waals surface area contributed by atoms with Crippen molar-refractivity contribution in [2.75, 3.05) is 25.0 Å². The van der Waals surface area contributed by atoms with Crippen molar-refractivity contribution >= 4 is 11.6 Å². The normalized spacial score (nSPS) is 10.6. The van der Waals surface area contributed by atoms with Crippen LogP contribution in [-0.2, 0) is 11.3 Å². The number of ether oxygens (including phenoxy) is 1. The molecule has 0 aliphatic carbocycles. The second-order valence-corrected chi connectivity index (χ2v) is 5.31. The molecule has 0 radical (unpaired) electrons. The molecule has 0 aliphatic rings. The number of nitrogens with zero attached hydrogens (tertiary/aromatic N) is 1. The Kier molecular flexibility index (Phi) is 6.63. The third-order valence-electron chi connectivity index (χ3n) is 3.62. The average molecular weight is 312 g/mol. The number of hydrogen-bond donors (Lipinski definition) is 1. The largest absolute Gasteiger partial charge is 0.484 e. The Labute approximate surface area is 138 Å². The van der Waals surface area contributed by atoms with E-state index in [0.29, 0.717) is 5.75 Å². The lowest BCUT2D eigenvalue weighted by atomic mass is 10.2. The molecule has 1 N–H and O–H groups in total. The minimum absolute atomic E-state index is 0.00425. The highest BCUT2D eigenvalue weighted by atomic mass is 16.5. The van der Waals surface area contributed by atoms with Crippen LogP contribution in [0, 0.1) is 0 Å². The summed E-state index contributed by atoms with van der Waals surface area (Å²) in [6.07, 6.45) is 0. The van der Waals surface area contributed by atoms with Gasteiger partial charge < -0.3 is 10.1 Å². The SMILES string of the molecule is CCN(CC)Cc1cccc(NC(=O)COc2ccccc2)c1. The van der Waals surface area contributed by atoms with Gasteiger partial charge in [0.25, 0.3) is 5.91 Å². The first-order chi connectivity index (χ1) is 11.2. The van der Waals surface area contributed by atoms with Crippen LogP contribution in [0.4, 0.5) is 5.69 Å². The highest BCUT2D eigenvalue weighted by molar-refractivity contribution is 5.91. The van der Waals surface area contributed by atoms with Crippen LogP contribution in [0.25, 0.3) is 0 Å². The van der Waals surface area contributed by atoms with Gasteiger partial charge in [-0.15, -0.1) is 0 Å². The van der Waals surface area contributed by atoms with Gasteiger partial charge in [0.2, 0.25) is 0 Å². The Morgan fingerprint density at radius 3 is 2.48 bits per heavy atom. The molecule has 23 heavy (non-hydrogen) atoms. The van der Waals surface area contributed by atoms with Gasteiger partial charge in [-0.05, 0) is 42.9 Å². The van der Waals surface area contributed by atoms with Crippen LogP contribution in [0.15, 0.2) is 54.6 Å². The third-order valence-corrected chi connectivity index (χ3v) is 3.62. The number of carbonyl (C=O) groups is 1. The number of carbonyl (C=O) groups excluding carboxylic acids is 1. The molecule has 2 aromatic carbocycles. The van der Waals surface area contributed by atoms with Crippen LogP contribution in [0.3, 0.4) is 0 Å². The Hall–Kier alpha value is -2.33. The molecule has 0 aliphatic heterocycles. The van der Waals surface area contributed by atoms with E-state index in [1.165, 1.54) is 5.56 Å². The van der Waals surface area contributed by atoms with Gasteiger partial charge in [0, 0.05) is 12.2 Å². The van der Waals surface area contributed by atoms with Crippen molar-refractivity contribution < 1.29 is 9.53 Å². The summed E-state index contributed by atoms with van der Waals surface area (Å²) in [7, 11) is 0. The maximum Gasteiger partial charge on any atom is 0.262 e. The number of amides is 1. The van der Waals surface area contributed by atoms with Crippen LogP contribution in [0.1, 0.15) is 19.4 Å². The van der Waals surface area contributed by atoms with E-state index in [4.69, 9.17) is 4.74 Å². The topological polar surface area (TPSA) is 41.6 Å². The average Bonchev–Trinajstić information content (AvgIpc) is 2.59. The van der Waals surface area contributed by atoms with Crippen molar-refractivity contribution in [2.45, 2.75) is 20.4 Å². The molecule has 0 saturated heterocycles. The van der Waals surface area contributed by atoms with Crippen molar-refractivity contribution in [1.29, 1.82) is 0 Å². The van der Waals surface area contributed by atoms with Crippen LogP contribution in [0.5, 0.6) is 5.75 Å². The fourth-order valence-electron chi connectivity index (χ4n) is 2.32. The Balaban J connectivity index is 1.88. The zero-order valence-corrected chi connectivity index (χ0v) is 13.8. The van der Waals surface area contributed by atoms with E-state index in [2.05, 4.69) is 30.1 Å². The minimum atomic E-state index is -0.158. The van der Waals surface area contributed by atoms with Gasteiger partial charge in [-0.25, -0.2) is 0 Å². The predicted octanol–water partition coefficient (Wildman–Crippen LogP) is 3.55. The molecule has 0 bridgehead atoms. The molecule has 2 rings (SSSR count). The van der Waals surface area contributed by atoms with Crippen molar-refractivity contribution in [3.05, 3.63) is 60.2 Å². The van der Waals surface area contributed by atoms with Crippen LogP contribution >= 0.6 is 0 Å². The number of nitrogens with one attached hydrogen (secondary N) is 1. The number of anilines is 1. The highest BCUT2D eigenvalue weighted by Crippen LogP contribution is 2.13. The molecule has 4 nitrogen and oxygen atoms in total. The predicted molar refractivity (Wildman–Crippen MR) is 93.6 cm³/mol. The quantitative estimate of drug-likeness (QED) is 0.810. The van der Waals surface area contributed by atoms with E-state index < -0.39 is 0 Å². The second kappa shape index (κ2) is 8.96. The number of hydrogen-bond acceptors (Lipinski definition) is 3. The van der Waals surface area contributed by atoms with Gasteiger partial charge >= 0.3 is 0 Å². The van der Waals surface area contributed by atoms with Gasteiger partial charge in [0.15, 0.2) is 6.61 Å². The van der Waals surface area contributed by atoms with Gasteiger partial charge in [-0.2, -0.15) is 0 Å². The van der Waals surface area contributed by atoms with Crippen LogP contribution < -0.4 is 10.1 Å². The Bertz CT molecular complexity index is 610. The molecule has 2 aromatic rings. The molecule has 0 saturated carbocycles. The molecular weight excluding hydrogens is 288 g/mol. The summed E-state index contributed by atoms with van der Waals surface area (Å²) in [6, 6.07) is 17.3. The first-order valence-corrected chi connectivity index (χ1v) is 8.00. The minimum Gasteiger partial charge on any atom is -0.484 e. The fourth-order valence-corrected chi connectivity index (χ4v) is 2.32. The first-order valence-electron chi connectivity index (χ1n) is 8.00. The van der Waals surface area contributed by atoms with E-state index in [0.717, 1.165) is 25.3 Å². The lowest BCUT2D eigenvalue weighted by Crippen LogP contribution is -2.22. The van der Waals surface area contributed by atoms with Gasteiger partial charge in [0.1, 0.15) is 5.75 Å². The van der Waals surface area contributed by atoms with Crippen LogP contribution in [-0.4, -0.2) is 30.5 Å². The molecule has 0 atom stereocenters. The summed E-state index contributed by atoms with van der Waals surface area (Å²) in [5.41, 5.74) is 1.99. The lowest BCUT2D eigenvalue weighted by molar-refractivity contribution is -0.118. The van der Waals surface area contributed by atoms with Crippen LogP contribution in [0.2, 0.25) is 0 Å². The maximum atomic E-state index is 12.0. The van der Waals surface area contributed by atoms with Gasteiger partial charge in [-0.3, -0.25) is 9.69 Å². The van der Waals surface area contributed by atoms with Crippen molar-refractivity contribution in [3.8, 4) is 5.75 Å². The molecule has 0 fully saturated rings. The molecule has 0 aromatic heterocycles. The first kappa shape index (κ1) is 17.0. The molecule has 122 valence electrons. The number of para-hydroxylation sites is 1. The summed E-state index contributed by atoms with van der Waals surface area (Å²) in [5.74, 6) is 0.534. The smallest absolute Gasteiger partial charge is 0.262 e. The summed E-state index contributed by atoms with van der Waals surface area (Å²) in [4.78, 5) is 14.3. The van der Waals surface area contributed by atoms with E-state index >= 15 is 0 Å². The zero-order valence-electron chi connectivity index (χ0n) is 13.8. The van der Waals surface area contributed by atoms with E-state index in [9.17, 15) is 4.79 Å². The summed E-state index contributed by atoms with van der Waals surface area (Å²) >= 11 is 0. The van der Waals surface area contributed by atoms with E-state index in [1.54, 1.807) is 0 Å². The molecular formula is C19H24N2O2. The Morgan fingerprint density at radius 1 is 1.04 bits per heavy atom. The lowest BCUT2D eigenvalue weighted by Gasteiger charge is -2.18. The van der Waals surface area contributed by atoms with E-state index in [1.807, 2.05) is 48.5 Å². The maximum absolute atomic E-state index is 12.0. The van der Waals surface area contributed by atoms with Crippen molar-refractivity contribution in [3.63, 3.8) is 0 Å². The highest BCUT2D eigenvalue weighted by Gasteiger charge is 2.06. The summed E-state index contributed by atoms with van der Waals surface area (Å²) < 4.78 is 5.45.